The monoisotopic (exact) mass is 346 g/mol. The summed E-state index contributed by atoms with van der Waals surface area (Å²) in [5.74, 6) is 0.0552. The van der Waals surface area contributed by atoms with Crippen LogP contribution < -0.4 is 0 Å². The fraction of sp³-hybridized carbons (Fsp3) is 0.750. The number of amides is 3. The van der Waals surface area contributed by atoms with Gasteiger partial charge < -0.3 is 4.90 Å². The summed E-state index contributed by atoms with van der Waals surface area (Å²) in [5, 5.41) is 0. The zero-order valence-corrected chi connectivity index (χ0v) is 15.6. The van der Waals surface area contributed by atoms with Gasteiger partial charge in [0, 0.05) is 13.1 Å². The van der Waals surface area contributed by atoms with Crippen molar-refractivity contribution in [1.82, 2.24) is 9.80 Å². The number of carbonyl (C=O) groups excluding carboxylic acids is 3. The number of hydrogen-bond donors (Lipinski definition) is 0. The molecule has 0 N–H and O–H groups in total. The van der Waals surface area contributed by atoms with Crippen molar-refractivity contribution in [1.29, 1.82) is 0 Å². The first kappa shape index (κ1) is 18.2. The number of likely N-dealkylation sites (tertiary alicyclic amines) is 2. The normalized spacial score (nSPS) is 28.6. The lowest BCUT2D eigenvalue weighted by atomic mass is 9.85. The molecule has 3 aliphatic rings. The third-order valence-electron chi connectivity index (χ3n) is 5.93. The Hall–Kier alpha value is -1.65. The molecule has 3 unspecified atom stereocenters. The van der Waals surface area contributed by atoms with Gasteiger partial charge in [-0.2, -0.15) is 0 Å². The van der Waals surface area contributed by atoms with Crippen molar-refractivity contribution < 1.29 is 14.4 Å². The Bertz CT molecular complexity index is 549. The first-order valence-corrected chi connectivity index (χ1v) is 9.70. The van der Waals surface area contributed by atoms with Crippen LogP contribution in [0.3, 0.4) is 0 Å². The van der Waals surface area contributed by atoms with Gasteiger partial charge >= 0.3 is 0 Å². The van der Waals surface area contributed by atoms with Gasteiger partial charge in [-0.25, -0.2) is 0 Å². The second kappa shape index (κ2) is 7.30. The van der Waals surface area contributed by atoms with Crippen LogP contribution in [0.25, 0.3) is 0 Å². The summed E-state index contributed by atoms with van der Waals surface area (Å²) >= 11 is 0. The van der Waals surface area contributed by atoms with Crippen LogP contribution in [0.2, 0.25) is 0 Å². The van der Waals surface area contributed by atoms with Crippen molar-refractivity contribution in [3.63, 3.8) is 0 Å². The molecule has 0 aromatic carbocycles. The first-order valence-electron chi connectivity index (χ1n) is 9.70. The predicted octanol–water partition coefficient (Wildman–Crippen LogP) is 2.61. The molecule has 0 saturated carbocycles. The Balaban J connectivity index is 1.82. The number of rotatable bonds is 4. The Morgan fingerprint density at radius 2 is 1.60 bits per heavy atom. The van der Waals surface area contributed by atoms with Crippen LogP contribution in [0, 0.1) is 23.7 Å². The number of piperidine rings is 1. The quantitative estimate of drug-likeness (QED) is 0.581. The minimum atomic E-state index is -0.626. The lowest BCUT2D eigenvalue weighted by molar-refractivity contribution is -0.153. The smallest absolute Gasteiger partial charge is 0.245 e. The largest absolute Gasteiger partial charge is 0.341 e. The van der Waals surface area contributed by atoms with E-state index in [1.165, 1.54) is 4.90 Å². The number of fused-ring (bicyclic) bond motifs is 1. The van der Waals surface area contributed by atoms with E-state index in [1.807, 2.05) is 30.9 Å². The second-order valence-corrected chi connectivity index (χ2v) is 8.36. The summed E-state index contributed by atoms with van der Waals surface area (Å²) in [6, 6.07) is -0.626. The maximum atomic E-state index is 13.2. The predicted molar refractivity (Wildman–Crippen MR) is 95.4 cm³/mol. The lowest BCUT2D eigenvalue weighted by Crippen LogP contribution is -2.53. The van der Waals surface area contributed by atoms with Crippen molar-refractivity contribution in [2.75, 3.05) is 13.1 Å². The van der Waals surface area contributed by atoms with Crippen LogP contribution >= 0.6 is 0 Å². The van der Waals surface area contributed by atoms with Gasteiger partial charge in [-0.1, -0.05) is 32.9 Å². The van der Waals surface area contributed by atoms with E-state index in [-0.39, 0.29) is 35.5 Å². The van der Waals surface area contributed by atoms with E-state index >= 15 is 0 Å². The van der Waals surface area contributed by atoms with Crippen molar-refractivity contribution >= 4 is 17.7 Å². The van der Waals surface area contributed by atoms with E-state index in [0.717, 1.165) is 25.9 Å². The molecule has 5 nitrogen and oxygen atoms in total. The first-order chi connectivity index (χ1) is 11.9. The molecular formula is C20H30N2O3. The maximum absolute atomic E-state index is 13.2. The molecule has 3 rings (SSSR count). The zero-order chi connectivity index (χ0) is 18.1. The Labute approximate surface area is 150 Å². The third kappa shape index (κ3) is 3.51. The molecule has 2 saturated heterocycles. The molecule has 2 aliphatic heterocycles. The molecule has 0 bridgehead atoms. The van der Waals surface area contributed by atoms with E-state index in [2.05, 4.69) is 6.92 Å². The minimum Gasteiger partial charge on any atom is -0.341 e. The standard InChI is InChI=1S/C20H30N2O3/c1-13(2)12-17(20(25)21-10-8-14(3)9-11-21)22-18(23)15-6-4-5-7-16(15)19(22)24/h4-5,13-17H,6-12H2,1-3H3. The van der Waals surface area contributed by atoms with Gasteiger partial charge in [0.25, 0.3) is 0 Å². The molecule has 5 heteroatoms. The minimum absolute atomic E-state index is 0.0334. The summed E-state index contributed by atoms with van der Waals surface area (Å²) in [5.41, 5.74) is 0. The highest BCUT2D eigenvalue weighted by Gasteiger charge is 2.51. The highest BCUT2D eigenvalue weighted by Crippen LogP contribution is 2.37. The average molecular weight is 346 g/mol. The Kier molecular flexibility index (Phi) is 5.30. The van der Waals surface area contributed by atoms with Crippen LogP contribution in [-0.4, -0.2) is 46.7 Å². The molecule has 0 aromatic heterocycles. The van der Waals surface area contributed by atoms with E-state index in [0.29, 0.717) is 25.2 Å². The topological polar surface area (TPSA) is 57.7 Å². The molecule has 2 heterocycles. The highest BCUT2D eigenvalue weighted by molar-refractivity contribution is 6.08. The summed E-state index contributed by atoms with van der Waals surface area (Å²) in [6.45, 7) is 7.76. The number of hydrogen-bond acceptors (Lipinski definition) is 3. The van der Waals surface area contributed by atoms with Crippen LogP contribution in [0.4, 0.5) is 0 Å². The zero-order valence-electron chi connectivity index (χ0n) is 15.6. The number of nitrogens with zero attached hydrogens (tertiary/aromatic N) is 2. The Morgan fingerprint density at radius 3 is 2.08 bits per heavy atom. The molecule has 1 aliphatic carbocycles. The summed E-state index contributed by atoms with van der Waals surface area (Å²) < 4.78 is 0. The second-order valence-electron chi connectivity index (χ2n) is 8.36. The molecule has 3 atom stereocenters. The van der Waals surface area contributed by atoms with E-state index < -0.39 is 6.04 Å². The van der Waals surface area contributed by atoms with Crippen LogP contribution in [-0.2, 0) is 14.4 Å². The van der Waals surface area contributed by atoms with Gasteiger partial charge in [-0.3, -0.25) is 19.3 Å². The van der Waals surface area contributed by atoms with Crippen molar-refractivity contribution in [3.05, 3.63) is 12.2 Å². The highest BCUT2D eigenvalue weighted by atomic mass is 16.2. The van der Waals surface area contributed by atoms with Crippen LogP contribution in [0.1, 0.15) is 52.9 Å². The van der Waals surface area contributed by atoms with Crippen molar-refractivity contribution in [2.45, 2.75) is 58.9 Å². The Morgan fingerprint density at radius 1 is 1.08 bits per heavy atom. The van der Waals surface area contributed by atoms with Gasteiger partial charge in [0.05, 0.1) is 11.8 Å². The lowest BCUT2D eigenvalue weighted by Gasteiger charge is -2.36. The van der Waals surface area contributed by atoms with Crippen LogP contribution in [0.5, 0.6) is 0 Å². The van der Waals surface area contributed by atoms with E-state index in [1.54, 1.807) is 0 Å². The van der Waals surface area contributed by atoms with E-state index in [4.69, 9.17) is 0 Å². The van der Waals surface area contributed by atoms with Crippen LogP contribution in [0.15, 0.2) is 12.2 Å². The molecule has 0 radical (unpaired) electrons. The molecule has 2 fully saturated rings. The molecule has 0 aromatic rings. The summed E-state index contributed by atoms with van der Waals surface area (Å²) in [4.78, 5) is 42.2. The van der Waals surface area contributed by atoms with Crippen molar-refractivity contribution in [3.8, 4) is 0 Å². The maximum Gasteiger partial charge on any atom is 0.245 e. The molecular weight excluding hydrogens is 316 g/mol. The summed E-state index contributed by atoms with van der Waals surface area (Å²) in [7, 11) is 0. The van der Waals surface area contributed by atoms with E-state index in [9.17, 15) is 14.4 Å². The molecule has 0 spiro atoms. The number of imide groups is 1. The molecule has 138 valence electrons. The van der Waals surface area contributed by atoms with Gasteiger partial charge in [-0.05, 0) is 43.9 Å². The van der Waals surface area contributed by atoms with Gasteiger partial charge in [-0.15, -0.1) is 0 Å². The molecule has 25 heavy (non-hydrogen) atoms. The third-order valence-corrected chi connectivity index (χ3v) is 5.93. The summed E-state index contributed by atoms with van der Waals surface area (Å²) in [6.07, 6.45) is 7.76. The fourth-order valence-electron chi connectivity index (χ4n) is 4.34. The SMILES string of the molecule is CC(C)CC(C(=O)N1CCC(C)CC1)N1C(=O)C2CC=CCC2C1=O. The van der Waals surface area contributed by atoms with Gasteiger partial charge in [0.15, 0.2) is 0 Å². The van der Waals surface area contributed by atoms with Gasteiger partial charge in [0.1, 0.15) is 6.04 Å². The fourth-order valence-corrected chi connectivity index (χ4v) is 4.34. The van der Waals surface area contributed by atoms with Gasteiger partial charge in [0.2, 0.25) is 17.7 Å². The number of carbonyl (C=O) groups is 3. The average Bonchev–Trinajstić information content (AvgIpc) is 2.84. The number of allylic oxidation sites excluding steroid dienone is 2. The van der Waals surface area contributed by atoms with Crippen molar-refractivity contribution in [2.24, 2.45) is 23.7 Å². The molecule has 3 amide bonds.